The van der Waals surface area contributed by atoms with E-state index in [9.17, 15) is 13.6 Å². The van der Waals surface area contributed by atoms with Gasteiger partial charge in [-0.2, -0.15) is 8.78 Å². The molecule has 0 radical (unpaired) electrons. The molecule has 2 aromatic rings. The number of anilines is 1. The maximum absolute atomic E-state index is 12.6. The lowest BCUT2D eigenvalue weighted by Crippen LogP contribution is -2.48. The van der Waals surface area contributed by atoms with Crippen LogP contribution in [-0.2, 0) is 5.41 Å². The van der Waals surface area contributed by atoms with E-state index >= 15 is 0 Å². The number of nitrogens with one attached hydrogen (secondary N) is 1. The van der Waals surface area contributed by atoms with E-state index in [1.54, 1.807) is 12.1 Å². The highest BCUT2D eigenvalue weighted by molar-refractivity contribution is 6.06. The van der Waals surface area contributed by atoms with Gasteiger partial charge in [-0.15, -0.1) is 0 Å². The van der Waals surface area contributed by atoms with Gasteiger partial charge in [0.05, 0.1) is 5.56 Å². The fraction of sp³-hybridized carbons (Fsp3) is 0.458. The molecule has 2 aromatic carbocycles. The Labute approximate surface area is 169 Å². The van der Waals surface area contributed by atoms with Crippen molar-refractivity contribution in [3.05, 3.63) is 59.7 Å². The molecule has 0 spiro atoms. The lowest BCUT2D eigenvalue weighted by Gasteiger charge is -2.57. The van der Waals surface area contributed by atoms with Gasteiger partial charge in [-0.1, -0.05) is 24.3 Å². The molecule has 1 amide bonds. The average Bonchev–Trinajstić information content (AvgIpc) is 2.67. The van der Waals surface area contributed by atoms with Gasteiger partial charge in [0.1, 0.15) is 5.75 Å². The maximum atomic E-state index is 12.6. The molecule has 4 fully saturated rings. The number of amides is 1. The highest BCUT2D eigenvalue weighted by atomic mass is 19.3. The molecule has 0 unspecified atom stereocenters. The van der Waals surface area contributed by atoms with E-state index in [0.717, 1.165) is 17.8 Å². The van der Waals surface area contributed by atoms with Gasteiger partial charge >= 0.3 is 6.61 Å². The van der Waals surface area contributed by atoms with Gasteiger partial charge in [0.2, 0.25) is 0 Å². The number of rotatable bonds is 5. The van der Waals surface area contributed by atoms with E-state index in [-0.39, 0.29) is 11.3 Å². The molecule has 4 bridgehead atoms. The second-order valence-electron chi connectivity index (χ2n) is 9.10. The van der Waals surface area contributed by atoms with Crippen molar-refractivity contribution in [3.8, 4) is 5.75 Å². The Morgan fingerprint density at radius 1 is 0.931 bits per heavy atom. The number of benzene rings is 2. The van der Waals surface area contributed by atoms with Gasteiger partial charge in [-0.25, -0.2) is 0 Å². The highest BCUT2D eigenvalue weighted by Crippen LogP contribution is 2.60. The molecular weight excluding hydrogens is 372 g/mol. The standard InChI is InChI=1S/C24H25F2NO2/c25-23(26)29-21-4-2-1-3-20(21)22(28)27-19-7-5-18(6-8-19)24-12-15-9-16(13-24)11-17(10-15)14-24/h1-8,15-17,23H,9-14H2,(H,27,28). The Bertz CT molecular complexity index is 874. The fourth-order valence-electron chi connectivity index (χ4n) is 6.42. The lowest BCUT2D eigenvalue weighted by atomic mass is 9.48. The molecule has 0 atom stereocenters. The van der Waals surface area contributed by atoms with Crippen LogP contribution in [0.15, 0.2) is 48.5 Å². The number of halogens is 2. The van der Waals surface area contributed by atoms with Crippen LogP contribution in [0.5, 0.6) is 5.75 Å². The molecule has 0 heterocycles. The number of hydrogen-bond acceptors (Lipinski definition) is 2. The van der Waals surface area contributed by atoms with Gasteiger partial charge in [0.15, 0.2) is 0 Å². The van der Waals surface area contributed by atoms with Crippen molar-refractivity contribution in [3.63, 3.8) is 0 Å². The zero-order valence-corrected chi connectivity index (χ0v) is 16.2. The van der Waals surface area contributed by atoms with Crippen molar-refractivity contribution in [1.29, 1.82) is 0 Å². The number of carbonyl (C=O) groups excluding carboxylic acids is 1. The Morgan fingerprint density at radius 3 is 2.10 bits per heavy atom. The number of para-hydroxylation sites is 1. The minimum atomic E-state index is -2.97. The number of hydrogen-bond donors (Lipinski definition) is 1. The van der Waals surface area contributed by atoms with Crippen molar-refractivity contribution in [2.45, 2.75) is 50.6 Å². The summed E-state index contributed by atoms with van der Waals surface area (Å²) in [6, 6.07) is 14.2. The predicted molar refractivity (Wildman–Crippen MR) is 107 cm³/mol. The van der Waals surface area contributed by atoms with Crippen LogP contribution in [0.3, 0.4) is 0 Å². The molecule has 5 heteroatoms. The topological polar surface area (TPSA) is 38.3 Å². The van der Waals surface area contributed by atoms with Crippen molar-refractivity contribution in [1.82, 2.24) is 0 Å². The summed E-state index contributed by atoms with van der Waals surface area (Å²) in [5, 5.41) is 2.81. The molecular formula is C24H25F2NO2. The SMILES string of the molecule is O=C(Nc1ccc(C23CC4CC(CC(C4)C2)C3)cc1)c1ccccc1OC(F)F. The van der Waals surface area contributed by atoms with E-state index in [0.29, 0.717) is 11.1 Å². The zero-order chi connectivity index (χ0) is 20.0. The van der Waals surface area contributed by atoms with Crippen LogP contribution >= 0.6 is 0 Å². The summed E-state index contributed by atoms with van der Waals surface area (Å²) >= 11 is 0. The first-order valence-electron chi connectivity index (χ1n) is 10.5. The Kier molecular flexibility index (Phi) is 4.56. The first kappa shape index (κ1) is 18.6. The first-order valence-corrected chi connectivity index (χ1v) is 10.5. The molecule has 4 saturated carbocycles. The average molecular weight is 397 g/mol. The van der Waals surface area contributed by atoms with Gasteiger partial charge in [-0.3, -0.25) is 4.79 Å². The third kappa shape index (κ3) is 3.52. The van der Waals surface area contributed by atoms with Crippen molar-refractivity contribution >= 4 is 11.6 Å². The molecule has 6 rings (SSSR count). The van der Waals surface area contributed by atoms with Crippen LogP contribution in [0.4, 0.5) is 14.5 Å². The van der Waals surface area contributed by atoms with E-state index in [1.807, 2.05) is 12.1 Å². The summed E-state index contributed by atoms with van der Waals surface area (Å²) in [7, 11) is 0. The summed E-state index contributed by atoms with van der Waals surface area (Å²) in [5.74, 6) is 2.07. The molecule has 29 heavy (non-hydrogen) atoms. The first-order chi connectivity index (χ1) is 14.0. The minimum absolute atomic E-state index is 0.0953. The van der Waals surface area contributed by atoms with Gasteiger partial charge in [0, 0.05) is 5.69 Å². The Morgan fingerprint density at radius 2 is 1.52 bits per heavy atom. The molecule has 0 saturated heterocycles. The fourth-order valence-corrected chi connectivity index (χ4v) is 6.42. The number of ether oxygens (including phenoxy) is 1. The molecule has 152 valence electrons. The Balaban J connectivity index is 1.32. The number of alkyl halides is 2. The summed E-state index contributed by atoms with van der Waals surface area (Å²) in [5.41, 5.74) is 2.46. The molecule has 0 aromatic heterocycles. The minimum Gasteiger partial charge on any atom is -0.434 e. The van der Waals surface area contributed by atoms with Gasteiger partial charge < -0.3 is 10.1 Å². The Hall–Kier alpha value is -2.43. The summed E-state index contributed by atoms with van der Waals surface area (Å²) < 4.78 is 29.6. The quantitative estimate of drug-likeness (QED) is 0.671. The number of carbonyl (C=O) groups is 1. The maximum Gasteiger partial charge on any atom is 0.387 e. The van der Waals surface area contributed by atoms with Crippen molar-refractivity contribution < 1.29 is 18.3 Å². The summed E-state index contributed by atoms with van der Waals surface area (Å²) in [4.78, 5) is 12.6. The second-order valence-corrected chi connectivity index (χ2v) is 9.10. The van der Waals surface area contributed by atoms with E-state index in [2.05, 4.69) is 22.2 Å². The zero-order valence-electron chi connectivity index (χ0n) is 16.2. The van der Waals surface area contributed by atoms with Gasteiger partial charge in [-0.05, 0) is 91.5 Å². The van der Waals surface area contributed by atoms with Crippen LogP contribution in [0.1, 0.15) is 54.4 Å². The molecule has 0 aliphatic heterocycles. The van der Waals surface area contributed by atoms with Crippen LogP contribution in [0, 0.1) is 17.8 Å². The third-order valence-corrected chi connectivity index (χ3v) is 7.14. The molecule has 4 aliphatic rings. The van der Waals surface area contributed by atoms with Crippen LogP contribution in [0.25, 0.3) is 0 Å². The van der Waals surface area contributed by atoms with E-state index < -0.39 is 12.5 Å². The summed E-state index contributed by atoms with van der Waals surface area (Å²) in [6.45, 7) is -2.97. The monoisotopic (exact) mass is 397 g/mol. The molecule has 3 nitrogen and oxygen atoms in total. The summed E-state index contributed by atoms with van der Waals surface area (Å²) in [6.07, 6.45) is 8.11. The third-order valence-electron chi connectivity index (χ3n) is 7.14. The van der Waals surface area contributed by atoms with E-state index in [4.69, 9.17) is 0 Å². The smallest absolute Gasteiger partial charge is 0.387 e. The van der Waals surface area contributed by atoms with E-state index in [1.165, 1.54) is 56.2 Å². The second kappa shape index (κ2) is 7.12. The van der Waals surface area contributed by atoms with Crippen LogP contribution < -0.4 is 10.1 Å². The van der Waals surface area contributed by atoms with Crippen molar-refractivity contribution in [2.24, 2.45) is 17.8 Å². The van der Waals surface area contributed by atoms with Gasteiger partial charge in [0.25, 0.3) is 5.91 Å². The normalized spacial score (nSPS) is 29.8. The predicted octanol–water partition coefficient (Wildman–Crippen LogP) is 6.01. The molecule has 1 N–H and O–H groups in total. The van der Waals surface area contributed by atoms with Crippen LogP contribution in [0.2, 0.25) is 0 Å². The molecule has 4 aliphatic carbocycles. The van der Waals surface area contributed by atoms with Crippen molar-refractivity contribution in [2.75, 3.05) is 5.32 Å². The van der Waals surface area contributed by atoms with Crippen LogP contribution in [-0.4, -0.2) is 12.5 Å². The highest BCUT2D eigenvalue weighted by Gasteiger charge is 2.51. The lowest BCUT2D eigenvalue weighted by molar-refractivity contribution is -0.0501. The largest absolute Gasteiger partial charge is 0.434 e.